The fourth-order valence-corrected chi connectivity index (χ4v) is 6.82. The Morgan fingerprint density at radius 3 is 1.96 bits per heavy atom. The highest BCUT2D eigenvalue weighted by molar-refractivity contribution is 9.09. The molecule has 1 aliphatic rings. The number of allylic oxidation sites excluding steroid dienone is 5. The molecule has 141 valence electrons. The van der Waals surface area contributed by atoms with E-state index in [0.717, 1.165) is 25.7 Å². The third-order valence-corrected chi connectivity index (χ3v) is 8.24. The van der Waals surface area contributed by atoms with Gasteiger partial charge in [-0.3, -0.25) is 0 Å². The molecule has 4 atom stereocenters. The van der Waals surface area contributed by atoms with Crippen LogP contribution in [0.15, 0.2) is 40.2 Å². The van der Waals surface area contributed by atoms with Crippen LogP contribution in [0.2, 0.25) is 0 Å². The SMILES string of the molecule is CCCCPC=C1[C]=CC(Br)C(=CPCCCC)C1=CPCCCC. The van der Waals surface area contributed by atoms with E-state index in [9.17, 15) is 0 Å². The van der Waals surface area contributed by atoms with Crippen LogP contribution in [0, 0.1) is 6.08 Å². The molecule has 0 aliphatic heterocycles. The standard InChI is InChI=1S/C21H35BrP3/c1-4-7-12-23-15-18-10-11-21(22)20(17-25-14-9-6-3)19(18)16-24-13-8-5-2/h11,15-17,21,23-25H,4-9,12-14H2,1-3H3. The monoisotopic (exact) mass is 459 g/mol. The average molecular weight is 460 g/mol. The molecule has 0 saturated heterocycles. The minimum Gasteiger partial charge on any atom is -0.0980 e. The van der Waals surface area contributed by atoms with Crippen molar-refractivity contribution in [3.63, 3.8) is 0 Å². The van der Waals surface area contributed by atoms with E-state index in [1.54, 1.807) is 0 Å². The van der Waals surface area contributed by atoms with Crippen molar-refractivity contribution in [2.75, 3.05) is 18.5 Å². The molecule has 1 aliphatic carbocycles. The Bertz CT molecular complexity index is 478. The molecule has 1 radical (unpaired) electrons. The van der Waals surface area contributed by atoms with Gasteiger partial charge in [-0.2, -0.15) is 0 Å². The minimum absolute atomic E-state index is 0.333. The summed E-state index contributed by atoms with van der Waals surface area (Å²) in [6.45, 7) is 6.84. The lowest BCUT2D eigenvalue weighted by Crippen LogP contribution is -2.08. The zero-order valence-electron chi connectivity index (χ0n) is 16.1. The molecule has 0 heterocycles. The topological polar surface area (TPSA) is 0 Å². The molecule has 0 saturated carbocycles. The first-order valence-electron chi connectivity index (χ1n) is 9.79. The summed E-state index contributed by atoms with van der Waals surface area (Å²) in [5.41, 5.74) is 4.30. The third-order valence-electron chi connectivity index (χ3n) is 4.06. The molecule has 4 unspecified atom stereocenters. The Kier molecular flexibility index (Phi) is 15.0. The van der Waals surface area contributed by atoms with E-state index in [0.29, 0.717) is 4.83 Å². The second kappa shape index (κ2) is 15.8. The first-order valence-corrected chi connectivity index (χ1v) is 14.6. The molecule has 0 nitrogen and oxygen atoms in total. The molecule has 4 heteroatoms. The Morgan fingerprint density at radius 2 is 1.40 bits per heavy atom. The van der Waals surface area contributed by atoms with Crippen LogP contribution >= 0.6 is 41.7 Å². The van der Waals surface area contributed by atoms with Crippen LogP contribution in [0.4, 0.5) is 0 Å². The third kappa shape index (κ3) is 10.0. The Morgan fingerprint density at radius 1 is 0.880 bits per heavy atom. The van der Waals surface area contributed by atoms with Crippen molar-refractivity contribution in [1.82, 2.24) is 0 Å². The second-order valence-corrected chi connectivity index (χ2v) is 10.9. The van der Waals surface area contributed by atoms with E-state index in [2.05, 4.69) is 66.3 Å². The zero-order chi connectivity index (χ0) is 18.3. The van der Waals surface area contributed by atoms with Gasteiger partial charge in [0.25, 0.3) is 0 Å². The number of rotatable bonds is 12. The van der Waals surface area contributed by atoms with Gasteiger partial charge in [-0.25, -0.2) is 0 Å². The summed E-state index contributed by atoms with van der Waals surface area (Å²) in [6, 6.07) is 0. The van der Waals surface area contributed by atoms with Gasteiger partial charge in [0.1, 0.15) is 0 Å². The van der Waals surface area contributed by atoms with Crippen molar-refractivity contribution in [2.24, 2.45) is 0 Å². The maximum absolute atomic E-state index is 3.86. The lowest BCUT2D eigenvalue weighted by Gasteiger charge is -2.22. The molecule has 0 spiro atoms. The van der Waals surface area contributed by atoms with Crippen LogP contribution in [0.5, 0.6) is 0 Å². The van der Waals surface area contributed by atoms with Crippen LogP contribution < -0.4 is 0 Å². The average Bonchev–Trinajstić information content (AvgIpc) is 2.62. The Labute approximate surface area is 170 Å². The number of unbranched alkanes of at least 4 members (excludes halogenated alkanes) is 3. The van der Waals surface area contributed by atoms with Crippen molar-refractivity contribution < 1.29 is 0 Å². The van der Waals surface area contributed by atoms with Gasteiger partial charge in [0.15, 0.2) is 0 Å². The molecule has 0 aromatic carbocycles. The van der Waals surface area contributed by atoms with Gasteiger partial charge >= 0.3 is 0 Å². The fourth-order valence-electron chi connectivity index (χ4n) is 2.44. The molecular formula is C21H35BrP3. The highest BCUT2D eigenvalue weighted by Gasteiger charge is 2.19. The van der Waals surface area contributed by atoms with E-state index in [-0.39, 0.29) is 0 Å². The predicted molar refractivity (Wildman–Crippen MR) is 129 cm³/mol. The van der Waals surface area contributed by atoms with Crippen molar-refractivity contribution in [3.05, 3.63) is 46.3 Å². The summed E-state index contributed by atoms with van der Waals surface area (Å²) >= 11 is 3.86. The van der Waals surface area contributed by atoms with Gasteiger partial charge in [-0.1, -0.05) is 105 Å². The summed E-state index contributed by atoms with van der Waals surface area (Å²) in [5, 5.41) is 0. The highest BCUT2D eigenvalue weighted by atomic mass is 79.9. The lowest BCUT2D eigenvalue weighted by molar-refractivity contribution is 0.895. The van der Waals surface area contributed by atoms with Gasteiger partial charge < -0.3 is 0 Å². The number of alkyl halides is 1. The largest absolute Gasteiger partial charge is 0.0980 e. The Balaban J connectivity index is 2.91. The van der Waals surface area contributed by atoms with Crippen molar-refractivity contribution in [1.29, 1.82) is 0 Å². The fraction of sp³-hybridized carbons (Fsp3) is 0.619. The van der Waals surface area contributed by atoms with E-state index >= 15 is 0 Å². The van der Waals surface area contributed by atoms with Crippen LogP contribution in [0.25, 0.3) is 0 Å². The summed E-state index contributed by atoms with van der Waals surface area (Å²) in [5.74, 6) is 7.46. The van der Waals surface area contributed by atoms with Crippen LogP contribution in [0.3, 0.4) is 0 Å². The number of hydrogen-bond donors (Lipinski definition) is 0. The molecule has 0 aromatic rings. The van der Waals surface area contributed by atoms with Gasteiger partial charge in [0.2, 0.25) is 0 Å². The Hall–Kier alpha value is 0.730. The van der Waals surface area contributed by atoms with E-state index in [1.165, 1.54) is 73.7 Å². The highest BCUT2D eigenvalue weighted by Crippen LogP contribution is 2.39. The lowest BCUT2D eigenvalue weighted by atomic mass is 9.94. The van der Waals surface area contributed by atoms with Crippen LogP contribution in [-0.4, -0.2) is 23.3 Å². The summed E-state index contributed by atoms with van der Waals surface area (Å²) in [6.07, 6.45) is 17.7. The molecular weight excluding hydrogens is 425 g/mol. The molecule has 1 rings (SSSR count). The predicted octanol–water partition coefficient (Wildman–Crippen LogP) is 8.21. The van der Waals surface area contributed by atoms with Gasteiger partial charge in [-0.05, 0) is 60.5 Å². The smallest absolute Gasteiger partial charge is 0.0590 e. The maximum atomic E-state index is 3.86. The molecule has 25 heavy (non-hydrogen) atoms. The number of halogens is 1. The quantitative estimate of drug-likeness (QED) is 0.156. The van der Waals surface area contributed by atoms with Crippen molar-refractivity contribution >= 4 is 41.7 Å². The minimum atomic E-state index is 0.333. The molecule has 0 amide bonds. The summed E-state index contributed by atoms with van der Waals surface area (Å²) in [7, 11) is 2.79. The van der Waals surface area contributed by atoms with Gasteiger partial charge in [0.05, 0.1) is 4.83 Å². The zero-order valence-corrected chi connectivity index (χ0v) is 20.7. The van der Waals surface area contributed by atoms with Gasteiger partial charge in [0, 0.05) is 0 Å². The van der Waals surface area contributed by atoms with E-state index < -0.39 is 0 Å². The number of hydrogen-bond acceptors (Lipinski definition) is 0. The first kappa shape index (κ1) is 23.8. The summed E-state index contributed by atoms with van der Waals surface area (Å²) in [4.78, 5) is 0.333. The van der Waals surface area contributed by atoms with Crippen molar-refractivity contribution in [2.45, 2.75) is 64.1 Å². The molecule has 0 aromatic heterocycles. The molecule has 0 fully saturated rings. The maximum Gasteiger partial charge on any atom is 0.0590 e. The second-order valence-electron chi connectivity index (χ2n) is 6.35. The van der Waals surface area contributed by atoms with Crippen LogP contribution in [0.1, 0.15) is 59.3 Å². The van der Waals surface area contributed by atoms with E-state index in [1.807, 2.05) is 0 Å². The molecule has 0 N–H and O–H groups in total. The normalized spacial score (nSPS) is 23.8. The summed E-state index contributed by atoms with van der Waals surface area (Å²) < 4.78 is 0. The van der Waals surface area contributed by atoms with E-state index in [4.69, 9.17) is 0 Å². The first-order chi connectivity index (χ1) is 12.2. The van der Waals surface area contributed by atoms with Crippen molar-refractivity contribution in [3.8, 4) is 0 Å². The van der Waals surface area contributed by atoms with Gasteiger partial charge in [-0.15, -0.1) is 0 Å². The van der Waals surface area contributed by atoms with Crippen LogP contribution in [-0.2, 0) is 0 Å². The molecule has 0 bridgehead atoms.